The smallest absolute Gasteiger partial charge is 0.331 e. The van der Waals surface area contributed by atoms with Crippen molar-refractivity contribution in [3.05, 3.63) is 35.4 Å². The average Bonchev–Trinajstić information content (AvgIpc) is 2.27. The Hall–Kier alpha value is -2.04. The van der Waals surface area contributed by atoms with Crippen molar-refractivity contribution >= 4 is 12.0 Å². The van der Waals surface area contributed by atoms with E-state index in [1.807, 2.05) is 12.1 Å². The lowest BCUT2D eigenvalue weighted by atomic mass is 9.93. The zero-order chi connectivity index (χ0) is 11.7. The van der Waals surface area contributed by atoms with E-state index in [0.29, 0.717) is 18.5 Å². The van der Waals surface area contributed by atoms with E-state index in [9.17, 15) is 9.59 Å². The molecule has 0 bridgehead atoms. The molecule has 1 aromatic rings. The lowest BCUT2D eigenvalue weighted by Gasteiger charge is -2.33. The van der Waals surface area contributed by atoms with Gasteiger partial charge in [-0.3, -0.25) is 0 Å². The van der Waals surface area contributed by atoms with E-state index < -0.39 is 18.0 Å². The van der Waals surface area contributed by atoms with Crippen molar-refractivity contribution in [2.24, 2.45) is 5.73 Å². The van der Waals surface area contributed by atoms with Crippen LogP contribution in [0.5, 0.6) is 0 Å². The Labute approximate surface area is 92.5 Å². The summed E-state index contributed by atoms with van der Waals surface area (Å²) in [5.41, 5.74) is 6.79. The average molecular weight is 220 g/mol. The molecule has 2 amide bonds. The molecule has 1 atom stereocenters. The van der Waals surface area contributed by atoms with Crippen LogP contribution in [0.3, 0.4) is 0 Å². The molecule has 0 saturated heterocycles. The number of benzene rings is 1. The summed E-state index contributed by atoms with van der Waals surface area (Å²) in [6, 6.07) is 5.58. The number of carboxylic acids is 1. The van der Waals surface area contributed by atoms with E-state index in [2.05, 4.69) is 0 Å². The van der Waals surface area contributed by atoms with Gasteiger partial charge in [-0.2, -0.15) is 0 Å². The molecule has 0 saturated carbocycles. The van der Waals surface area contributed by atoms with Crippen molar-refractivity contribution in [1.82, 2.24) is 4.90 Å². The van der Waals surface area contributed by atoms with Crippen LogP contribution in [-0.4, -0.2) is 28.6 Å². The first kappa shape index (κ1) is 10.5. The predicted octanol–water partition coefficient (Wildman–Crippen LogP) is 0.749. The topological polar surface area (TPSA) is 83.6 Å². The Morgan fingerprint density at radius 2 is 2.06 bits per heavy atom. The number of fused-ring (bicyclic) bond motifs is 1. The van der Waals surface area contributed by atoms with Gasteiger partial charge < -0.3 is 15.7 Å². The molecule has 1 heterocycles. The molecule has 3 N–H and O–H groups in total. The maximum absolute atomic E-state index is 11.2. The van der Waals surface area contributed by atoms with Crippen molar-refractivity contribution in [2.75, 3.05) is 6.54 Å². The fourth-order valence-electron chi connectivity index (χ4n) is 2.07. The number of hydrogen-bond donors (Lipinski definition) is 2. The number of primary amides is 1. The standard InChI is InChI=1S/C11H12N2O3/c12-11(16)13-6-5-7-3-1-2-4-8(7)9(13)10(14)15/h1-4,9H,5-6H2,(H2,12,16)(H,14,15). The summed E-state index contributed by atoms with van der Waals surface area (Å²) in [6.07, 6.45) is 0.642. The molecule has 1 unspecified atom stereocenters. The highest BCUT2D eigenvalue weighted by atomic mass is 16.4. The normalized spacial score (nSPS) is 19.0. The van der Waals surface area contributed by atoms with Crippen molar-refractivity contribution in [3.8, 4) is 0 Å². The molecule has 0 radical (unpaired) electrons. The summed E-state index contributed by atoms with van der Waals surface area (Å²) in [5, 5.41) is 9.15. The minimum atomic E-state index is -1.05. The Balaban J connectivity index is 2.47. The summed E-state index contributed by atoms with van der Waals surface area (Å²) in [6.45, 7) is 0.351. The summed E-state index contributed by atoms with van der Waals surface area (Å²) < 4.78 is 0. The summed E-state index contributed by atoms with van der Waals surface area (Å²) >= 11 is 0. The van der Waals surface area contributed by atoms with Gasteiger partial charge in [-0.1, -0.05) is 24.3 Å². The zero-order valence-corrected chi connectivity index (χ0v) is 8.59. The van der Waals surface area contributed by atoms with Crippen LogP contribution in [0.1, 0.15) is 17.2 Å². The van der Waals surface area contributed by atoms with Crippen LogP contribution in [0.15, 0.2) is 24.3 Å². The number of rotatable bonds is 1. The summed E-state index contributed by atoms with van der Waals surface area (Å²) in [4.78, 5) is 23.5. The Morgan fingerprint density at radius 3 is 2.69 bits per heavy atom. The Kier molecular flexibility index (Phi) is 2.52. The van der Waals surface area contributed by atoms with Gasteiger partial charge >= 0.3 is 12.0 Å². The Bertz CT molecular complexity index is 445. The van der Waals surface area contributed by atoms with Gasteiger partial charge in [0.25, 0.3) is 0 Å². The van der Waals surface area contributed by atoms with Crippen LogP contribution >= 0.6 is 0 Å². The number of carboxylic acid groups (broad SMARTS) is 1. The first-order chi connectivity index (χ1) is 7.61. The first-order valence-corrected chi connectivity index (χ1v) is 4.98. The second-order valence-corrected chi connectivity index (χ2v) is 3.72. The van der Waals surface area contributed by atoms with Crippen LogP contribution < -0.4 is 5.73 Å². The maximum Gasteiger partial charge on any atom is 0.331 e. The van der Waals surface area contributed by atoms with Gasteiger partial charge in [-0.25, -0.2) is 9.59 Å². The fourth-order valence-corrected chi connectivity index (χ4v) is 2.07. The third kappa shape index (κ3) is 1.60. The highest BCUT2D eigenvalue weighted by Gasteiger charge is 2.34. The molecular formula is C11H12N2O3. The molecule has 16 heavy (non-hydrogen) atoms. The van der Waals surface area contributed by atoms with Gasteiger partial charge in [0.1, 0.15) is 0 Å². The van der Waals surface area contributed by atoms with E-state index in [0.717, 1.165) is 5.56 Å². The first-order valence-electron chi connectivity index (χ1n) is 4.98. The van der Waals surface area contributed by atoms with Gasteiger partial charge in [0, 0.05) is 6.54 Å². The Morgan fingerprint density at radius 1 is 1.38 bits per heavy atom. The maximum atomic E-state index is 11.2. The van der Waals surface area contributed by atoms with Crippen LogP contribution in [0.25, 0.3) is 0 Å². The minimum absolute atomic E-state index is 0.351. The third-order valence-electron chi connectivity index (χ3n) is 2.80. The molecule has 0 spiro atoms. The van der Waals surface area contributed by atoms with Gasteiger partial charge in [0.05, 0.1) is 0 Å². The largest absolute Gasteiger partial charge is 0.479 e. The minimum Gasteiger partial charge on any atom is -0.479 e. The molecule has 2 rings (SSSR count). The van der Waals surface area contributed by atoms with E-state index in [1.54, 1.807) is 12.1 Å². The molecule has 1 aliphatic heterocycles. The predicted molar refractivity (Wildman–Crippen MR) is 56.8 cm³/mol. The van der Waals surface area contributed by atoms with Crippen LogP contribution in [0.2, 0.25) is 0 Å². The van der Waals surface area contributed by atoms with Gasteiger partial charge in [-0.05, 0) is 17.5 Å². The van der Waals surface area contributed by atoms with E-state index in [4.69, 9.17) is 10.8 Å². The quantitative estimate of drug-likeness (QED) is 0.732. The number of carbonyl (C=O) groups excluding carboxylic acids is 1. The molecule has 84 valence electrons. The third-order valence-corrected chi connectivity index (χ3v) is 2.80. The van der Waals surface area contributed by atoms with E-state index in [1.165, 1.54) is 4.90 Å². The monoisotopic (exact) mass is 220 g/mol. The lowest BCUT2D eigenvalue weighted by molar-refractivity contribution is -0.142. The zero-order valence-electron chi connectivity index (χ0n) is 8.59. The summed E-state index contributed by atoms with van der Waals surface area (Å²) in [7, 11) is 0. The van der Waals surface area contributed by atoms with Gasteiger partial charge in [0.2, 0.25) is 0 Å². The molecule has 0 fully saturated rings. The number of aliphatic carboxylic acids is 1. The highest BCUT2D eigenvalue weighted by Crippen LogP contribution is 2.29. The number of nitrogens with zero attached hydrogens (tertiary/aromatic N) is 1. The van der Waals surface area contributed by atoms with Crippen molar-refractivity contribution in [3.63, 3.8) is 0 Å². The number of carbonyl (C=O) groups is 2. The number of urea groups is 1. The highest BCUT2D eigenvalue weighted by molar-refractivity contribution is 5.84. The molecule has 1 aliphatic rings. The van der Waals surface area contributed by atoms with E-state index >= 15 is 0 Å². The molecule has 0 aliphatic carbocycles. The second kappa shape index (κ2) is 3.84. The van der Waals surface area contributed by atoms with Crippen LogP contribution in [0, 0.1) is 0 Å². The fraction of sp³-hybridized carbons (Fsp3) is 0.273. The van der Waals surface area contributed by atoms with Gasteiger partial charge in [0.15, 0.2) is 6.04 Å². The van der Waals surface area contributed by atoms with Crippen LogP contribution in [0.4, 0.5) is 4.79 Å². The van der Waals surface area contributed by atoms with Crippen LogP contribution in [-0.2, 0) is 11.2 Å². The summed E-state index contributed by atoms with van der Waals surface area (Å²) in [5.74, 6) is -1.05. The second-order valence-electron chi connectivity index (χ2n) is 3.72. The van der Waals surface area contributed by atoms with Crippen molar-refractivity contribution < 1.29 is 14.7 Å². The van der Waals surface area contributed by atoms with Crippen molar-refractivity contribution in [2.45, 2.75) is 12.5 Å². The number of hydrogen-bond acceptors (Lipinski definition) is 2. The SMILES string of the molecule is NC(=O)N1CCc2ccccc2C1C(=O)O. The lowest BCUT2D eigenvalue weighted by Crippen LogP contribution is -2.46. The molecule has 0 aromatic heterocycles. The molecule has 1 aromatic carbocycles. The van der Waals surface area contributed by atoms with Gasteiger partial charge in [-0.15, -0.1) is 0 Å². The van der Waals surface area contributed by atoms with E-state index in [-0.39, 0.29) is 0 Å². The molecule has 5 nitrogen and oxygen atoms in total. The van der Waals surface area contributed by atoms with Crippen molar-refractivity contribution in [1.29, 1.82) is 0 Å². The molecule has 5 heteroatoms. The number of amides is 2. The number of nitrogens with two attached hydrogens (primary N) is 1. The molecular weight excluding hydrogens is 208 g/mol.